The molecule has 3 aromatic rings. The Balaban J connectivity index is 2.18. The Hall–Kier alpha value is -2.16. The van der Waals surface area contributed by atoms with Gasteiger partial charge in [0.15, 0.2) is 0 Å². The van der Waals surface area contributed by atoms with Crippen molar-refractivity contribution < 1.29 is 0 Å². The van der Waals surface area contributed by atoms with Crippen LogP contribution in [0.5, 0.6) is 0 Å². The van der Waals surface area contributed by atoms with Gasteiger partial charge in [0.05, 0.1) is 11.0 Å². The van der Waals surface area contributed by atoms with Gasteiger partial charge in [0.1, 0.15) is 5.82 Å². The van der Waals surface area contributed by atoms with Crippen molar-refractivity contribution in [1.82, 2.24) is 15.0 Å². The molecule has 1 N–H and O–H groups in total. The Morgan fingerprint density at radius 3 is 2.62 bits per heavy atom. The van der Waals surface area contributed by atoms with E-state index in [2.05, 4.69) is 33.2 Å². The molecule has 0 aliphatic carbocycles. The molecule has 0 radical (unpaired) electrons. The minimum absolute atomic E-state index is 0.946. The monoisotopic (exact) mass is 209 g/mol. The molecule has 2 heterocycles. The minimum atomic E-state index is 0.946. The first-order valence-corrected chi connectivity index (χ1v) is 5.20. The summed E-state index contributed by atoms with van der Waals surface area (Å²) in [7, 11) is 0. The molecule has 1 aromatic carbocycles. The Kier molecular flexibility index (Phi) is 1.96. The van der Waals surface area contributed by atoms with Gasteiger partial charge in [0.25, 0.3) is 0 Å². The number of aromatic amines is 1. The van der Waals surface area contributed by atoms with Crippen molar-refractivity contribution >= 4 is 11.0 Å². The number of aromatic nitrogens is 3. The molecule has 2 aromatic heterocycles. The van der Waals surface area contributed by atoms with Crippen LogP contribution in [0, 0.1) is 6.92 Å². The quantitative estimate of drug-likeness (QED) is 0.669. The molecule has 0 saturated heterocycles. The van der Waals surface area contributed by atoms with Crippen molar-refractivity contribution in [1.29, 1.82) is 0 Å². The molecule has 3 rings (SSSR count). The molecule has 78 valence electrons. The summed E-state index contributed by atoms with van der Waals surface area (Å²) in [6, 6.07) is 10.2. The molecule has 0 aliphatic heterocycles. The van der Waals surface area contributed by atoms with Gasteiger partial charge in [-0.15, -0.1) is 0 Å². The molecular weight excluding hydrogens is 198 g/mol. The van der Waals surface area contributed by atoms with E-state index in [1.54, 1.807) is 12.4 Å². The van der Waals surface area contributed by atoms with E-state index >= 15 is 0 Å². The summed E-state index contributed by atoms with van der Waals surface area (Å²) in [5, 5.41) is 0. The van der Waals surface area contributed by atoms with E-state index in [0.29, 0.717) is 0 Å². The van der Waals surface area contributed by atoms with Crippen molar-refractivity contribution in [2.75, 3.05) is 0 Å². The van der Waals surface area contributed by atoms with Crippen LogP contribution in [0.2, 0.25) is 0 Å². The zero-order valence-electron chi connectivity index (χ0n) is 8.94. The molecular formula is C13H11N3. The van der Waals surface area contributed by atoms with Gasteiger partial charge in [-0.1, -0.05) is 6.07 Å². The van der Waals surface area contributed by atoms with E-state index in [-0.39, 0.29) is 0 Å². The molecule has 0 amide bonds. The van der Waals surface area contributed by atoms with Crippen molar-refractivity contribution in [3.05, 3.63) is 48.5 Å². The first-order chi connectivity index (χ1) is 7.83. The number of H-pyrrole nitrogens is 1. The maximum absolute atomic E-state index is 4.43. The smallest absolute Gasteiger partial charge is 0.104 e. The van der Waals surface area contributed by atoms with Crippen LogP contribution in [-0.2, 0) is 0 Å². The number of benzene rings is 1. The van der Waals surface area contributed by atoms with Crippen LogP contribution < -0.4 is 0 Å². The number of aryl methyl sites for hydroxylation is 1. The summed E-state index contributed by atoms with van der Waals surface area (Å²) < 4.78 is 0. The highest BCUT2D eigenvalue weighted by atomic mass is 14.9. The van der Waals surface area contributed by atoms with Crippen molar-refractivity contribution in [2.45, 2.75) is 6.92 Å². The van der Waals surface area contributed by atoms with E-state index < -0.39 is 0 Å². The average molecular weight is 209 g/mol. The van der Waals surface area contributed by atoms with E-state index in [1.807, 2.05) is 19.1 Å². The molecule has 0 aliphatic rings. The largest absolute Gasteiger partial charge is 0.342 e. The van der Waals surface area contributed by atoms with Crippen molar-refractivity contribution in [2.24, 2.45) is 0 Å². The van der Waals surface area contributed by atoms with E-state index in [0.717, 1.165) is 22.4 Å². The third-order valence-electron chi connectivity index (χ3n) is 2.62. The molecule has 0 bridgehead atoms. The second kappa shape index (κ2) is 3.45. The van der Waals surface area contributed by atoms with Crippen LogP contribution in [0.25, 0.3) is 22.2 Å². The van der Waals surface area contributed by atoms with Gasteiger partial charge < -0.3 is 4.98 Å². The lowest BCUT2D eigenvalue weighted by molar-refractivity contribution is 1.17. The fourth-order valence-corrected chi connectivity index (χ4v) is 1.86. The van der Waals surface area contributed by atoms with Gasteiger partial charge >= 0.3 is 0 Å². The second-order valence-electron chi connectivity index (χ2n) is 3.79. The third kappa shape index (κ3) is 1.46. The highest BCUT2D eigenvalue weighted by molar-refractivity contribution is 5.81. The molecule has 0 atom stereocenters. The van der Waals surface area contributed by atoms with Crippen molar-refractivity contribution in [3.63, 3.8) is 0 Å². The number of nitrogens with zero attached hydrogens (tertiary/aromatic N) is 2. The van der Waals surface area contributed by atoms with Crippen LogP contribution in [0.15, 0.2) is 42.7 Å². The average Bonchev–Trinajstić information content (AvgIpc) is 2.69. The van der Waals surface area contributed by atoms with E-state index in [9.17, 15) is 0 Å². The maximum atomic E-state index is 4.43. The topological polar surface area (TPSA) is 41.6 Å². The predicted molar refractivity (Wildman–Crippen MR) is 64.1 cm³/mol. The number of hydrogen-bond acceptors (Lipinski definition) is 2. The lowest BCUT2D eigenvalue weighted by Crippen LogP contribution is -1.78. The summed E-state index contributed by atoms with van der Waals surface area (Å²) in [5.41, 5.74) is 4.42. The van der Waals surface area contributed by atoms with Crippen LogP contribution >= 0.6 is 0 Å². The number of hydrogen-bond donors (Lipinski definition) is 1. The molecule has 0 fully saturated rings. The predicted octanol–water partition coefficient (Wildman–Crippen LogP) is 2.93. The molecule has 3 nitrogen and oxygen atoms in total. The number of fused-ring (bicyclic) bond motifs is 1. The zero-order chi connectivity index (χ0) is 11.0. The third-order valence-corrected chi connectivity index (χ3v) is 2.62. The number of pyridine rings is 1. The Morgan fingerprint density at radius 2 is 1.81 bits per heavy atom. The minimum Gasteiger partial charge on any atom is -0.342 e. The molecule has 0 unspecified atom stereocenters. The summed E-state index contributed by atoms with van der Waals surface area (Å²) in [6.45, 7) is 1.96. The second-order valence-corrected chi connectivity index (χ2v) is 3.79. The van der Waals surface area contributed by atoms with Gasteiger partial charge in [0.2, 0.25) is 0 Å². The number of rotatable bonds is 1. The highest BCUT2D eigenvalue weighted by Gasteiger charge is 2.02. The summed E-state index contributed by atoms with van der Waals surface area (Å²) in [6.07, 6.45) is 3.60. The normalized spacial score (nSPS) is 10.8. The summed E-state index contributed by atoms with van der Waals surface area (Å²) in [5.74, 6) is 0.946. The van der Waals surface area contributed by atoms with Gasteiger partial charge in [-0.25, -0.2) is 4.98 Å². The lowest BCUT2D eigenvalue weighted by Gasteiger charge is -1.99. The fraction of sp³-hybridized carbons (Fsp3) is 0.0769. The first kappa shape index (κ1) is 9.09. The van der Waals surface area contributed by atoms with Crippen LogP contribution in [0.1, 0.15) is 5.82 Å². The molecule has 0 saturated carbocycles. The summed E-state index contributed by atoms with van der Waals surface area (Å²) in [4.78, 5) is 11.7. The zero-order valence-corrected chi connectivity index (χ0v) is 8.94. The summed E-state index contributed by atoms with van der Waals surface area (Å²) >= 11 is 0. The van der Waals surface area contributed by atoms with Gasteiger partial charge in [-0.2, -0.15) is 0 Å². The van der Waals surface area contributed by atoms with Crippen LogP contribution in [0.4, 0.5) is 0 Å². The molecule has 3 heteroatoms. The maximum Gasteiger partial charge on any atom is 0.104 e. The number of imidazole rings is 1. The standard InChI is InChI=1S/C13H11N3/c1-9-15-12-3-2-11(8-13(12)16-9)10-4-6-14-7-5-10/h2-8H,1H3,(H,15,16). The first-order valence-electron chi connectivity index (χ1n) is 5.20. The fourth-order valence-electron chi connectivity index (χ4n) is 1.86. The van der Waals surface area contributed by atoms with E-state index in [4.69, 9.17) is 0 Å². The van der Waals surface area contributed by atoms with Crippen LogP contribution in [-0.4, -0.2) is 15.0 Å². The van der Waals surface area contributed by atoms with E-state index in [1.165, 1.54) is 5.56 Å². The van der Waals surface area contributed by atoms with Gasteiger partial charge in [0, 0.05) is 12.4 Å². The Bertz CT molecular complexity index is 626. The molecule has 0 spiro atoms. The highest BCUT2D eigenvalue weighted by Crippen LogP contribution is 2.22. The lowest BCUT2D eigenvalue weighted by atomic mass is 10.1. The Labute approximate surface area is 93.2 Å². The van der Waals surface area contributed by atoms with Gasteiger partial charge in [-0.3, -0.25) is 4.98 Å². The molecule has 16 heavy (non-hydrogen) atoms. The van der Waals surface area contributed by atoms with Gasteiger partial charge in [-0.05, 0) is 42.3 Å². The van der Waals surface area contributed by atoms with Crippen LogP contribution in [0.3, 0.4) is 0 Å². The number of nitrogens with one attached hydrogen (secondary N) is 1. The SMILES string of the molecule is Cc1nc2cc(-c3ccncc3)ccc2[nH]1. The Morgan fingerprint density at radius 1 is 1.00 bits per heavy atom. The van der Waals surface area contributed by atoms with Crippen molar-refractivity contribution in [3.8, 4) is 11.1 Å².